The fourth-order valence-electron chi connectivity index (χ4n) is 1.87. The number of hydrogen-bond donors (Lipinski definition) is 1. The van der Waals surface area contributed by atoms with E-state index in [1.54, 1.807) is 34.6 Å². The Bertz CT molecular complexity index is 693. The van der Waals surface area contributed by atoms with Crippen LogP contribution in [0.15, 0.2) is 36.2 Å². The molecule has 2 N–H and O–H groups in total. The monoisotopic (exact) mass is 301 g/mol. The van der Waals surface area contributed by atoms with Crippen molar-refractivity contribution >= 4 is 23.2 Å². The second-order valence-electron chi connectivity index (χ2n) is 4.51. The molecular formula is C13H15N7S. The lowest BCUT2D eigenvalue weighted by atomic mass is 10.3. The van der Waals surface area contributed by atoms with E-state index in [1.165, 1.54) is 4.88 Å². The Morgan fingerprint density at radius 1 is 1.33 bits per heavy atom. The third-order valence-electron chi connectivity index (χ3n) is 2.98. The first-order valence-corrected chi connectivity index (χ1v) is 7.34. The summed E-state index contributed by atoms with van der Waals surface area (Å²) in [6.45, 7) is 0.813. The molecule has 0 aliphatic heterocycles. The normalized spacial score (nSPS) is 10.7. The first-order valence-electron chi connectivity index (χ1n) is 6.46. The molecule has 0 radical (unpaired) electrons. The minimum absolute atomic E-state index is 0.201. The van der Waals surface area contributed by atoms with E-state index in [-0.39, 0.29) is 5.95 Å². The lowest BCUT2D eigenvalue weighted by molar-refractivity contribution is 0.816. The predicted octanol–water partition coefficient (Wildman–Crippen LogP) is 1.38. The van der Waals surface area contributed by atoms with Gasteiger partial charge in [-0.1, -0.05) is 6.07 Å². The van der Waals surface area contributed by atoms with Crippen LogP contribution in [0.2, 0.25) is 0 Å². The van der Waals surface area contributed by atoms with Crippen molar-refractivity contribution in [3.63, 3.8) is 0 Å². The number of nitrogens with two attached hydrogens (primary N) is 1. The lowest BCUT2D eigenvalue weighted by Crippen LogP contribution is -2.24. The van der Waals surface area contributed by atoms with E-state index in [1.807, 2.05) is 11.9 Å². The Kier molecular flexibility index (Phi) is 3.78. The van der Waals surface area contributed by atoms with E-state index >= 15 is 0 Å². The molecule has 0 fully saturated rings. The number of aromatic nitrogens is 5. The summed E-state index contributed by atoms with van der Waals surface area (Å²) < 4.78 is 1.70. The minimum atomic E-state index is 0.201. The van der Waals surface area contributed by atoms with Gasteiger partial charge in [0.25, 0.3) is 0 Å². The second-order valence-corrected chi connectivity index (χ2v) is 5.55. The highest BCUT2D eigenvalue weighted by atomic mass is 32.1. The van der Waals surface area contributed by atoms with Crippen LogP contribution in [0.4, 0.5) is 11.9 Å². The van der Waals surface area contributed by atoms with Gasteiger partial charge >= 0.3 is 0 Å². The molecule has 0 aliphatic carbocycles. The van der Waals surface area contributed by atoms with Crippen LogP contribution in [0.3, 0.4) is 0 Å². The van der Waals surface area contributed by atoms with Crippen LogP contribution in [0.25, 0.3) is 5.95 Å². The number of anilines is 2. The van der Waals surface area contributed by atoms with Crippen LogP contribution in [0.5, 0.6) is 0 Å². The van der Waals surface area contributed by atoms with Gasteiger partial charge in [0.2, 0.25) is 17.8 Å². The maximum absolute atomic E-state index is 5.77. The first kappa shape index (κ1) is 13.5. The van der Waals surface area contributed by atoms with E-state index < -0.39 is 0 Å². The van der Waals surface area contributed by atoms with Crippen LogP contribution >= 0.6 is 11.3 Å². The zero-order valence-electron chi connectivity index (χ0n) is 11.5. The van der Waals surface area contributed by atoms with Crippen molar-refractivity contribution in [2.75, 3.05) is 24.2 Å². The highest BCUT2D eigenvalue weighted by molar-refractivity contribution is 7.09. The molecule has 0 atom stereocenters. The first-order chi connectivity index (χ1) is 10.2. The van der Waals surface area contributed by atoms with Gasteiger partial charge in [-0.25, -0.2) is 4.98 Å². The van der Waals surface area contributed by atoms with Gasteiger partial charge in [0.15, 0.2) is 0 Å². The van der Waals surface area contributed by atoms with Crippen LogP contribution < -0.4 is 10.6 Å². The summed E-state index contributed by atoms with van der Waals surface area (Å²) in [5, 5.41) is 2.08. The third kappa shape index (κ3) is 3.16. The van der Waals surface area contributed by atoms with Gasteiger partial charge < -0.3 is 10.6 Å². The minimum Gasteiger partial charge on any atom is -0.368 e. The molecule has 0 bridgehead atoms. The number of thiophene rings is 1. The van der Waals surface area contributed by atoms with Gasteiger partial charge in [-0.15, -0.1) is 11.3 Å². The fraction of sp³-hybridized carbons (Fsp3) is 0.231. The van der Waals surface area contributed by atoms with E-state index in [9.17, 15) is 0 Å². The van der Waals surface area contributed by atoms with Gasteiger partial charge in [0, 0.05) is 30.9 Å². The summed E-state index contributed by atoms with van der Waals surface area (Å²) in [7, 11) is 1.94. The summed E-state index contributed by atoms with van der Waals surface area (Å²) >= 11 is 1.75. The molecule has 8 heteroatoms. The topological polar surface area (TPSA) is 85.8 Å². The largest absolute Gasteiger partial charge is 0.368 e. The Balaban J connectivity index is 1.78. The molecule has 0 saturated heterocycles. The summed E-state index contributed by atoms with van der Waals surface area (Å²) in [5.41, 5.74) is 5.77. The molecule has 3 heterocycles. The van der Waals surface area contributed by atoms with E-state index in [0.717, 1.165) is 13.0 Å². The number of likely N-dealkylation sites (N-methyl/N-ethyl adjacent to an activating group) is 1. The van der Waals surface area contributed by atoms with Crippen molar-refractivity contribution in [1.82, 2.24) is 24.5 Å². The zero-order valence-corrected chi connectivity index (χ0v) is 12.4. The van der Waals surface area contributed by atoms with Crippen molar-refractivity contribution in [2.45, 2.75) is 6.42 Å². The lowest BCUT2D eigenvalue weighted by Gasteiger charge is -2.17. The SMILES string of the molecule is CN(CCc1cccs1)c1nc(N)nc(-n2ccnc2)n1. The Morgan fingerprint density at radius 2 is 2.24 bits per heavy atom. The molecule has 3 aromatic heterocycles. The van der Waals surface area contributed by atoms with Crippen LogP contribution in [0.1, 0.15) is 4.88 Å². The van der Waals surface area contributed by atoms with Gasteiger partial charge in [-0.05, 0) is 17.9 Å². The number of nitrogens with zero attached hydrogens (tertiary/aromatic N) is 6. The molecule has 21 heavy (non-hydrogen) atoms. The average Bonchev–Trinajstić information content (AvgIpc) is 3.17. The molecule has 3 aromatic rings. The fourth-order valence-corrected chi connectivity index (χ4v) is 2.56. The van der Waals surface area contributed by atoms with Gasteiger partial charge in [-0.2, -0.15) is 15.0 Å². The molecular weight excluding hydrogens is 286 g/mol. The standard InChI is InChI=1S/C13H15N7S/c1-19(6-4-10-3-2-8-21-10)12-16-11(14)17-13(18-12)20-7-5-15-9-20/h2-3,5,7-9H,4,6H2,1H3,(H2,14,16,17,18). The highest BCUT2D eigenvalue weighted by Gasteiger charge is 2.10. The highest BCUT2D eigenvalue weighted by Crippen LogP contribution is 2.13. The number of nitrogen functional groups attached to an aromatic ring is 1. The molecule has 0 spiro atoms. The summed E-state index contributed by atoms with van der Waals surface area (Å²) in [4.78, 5) is 20.0. The second kappa shape index (κ2) is 5.88. The average molecular weight is 301 g/mol. The zero-order chi connectivity index (χ0) is 14.7. The van der Waals surface area contributed by atoms with Crippen molar-refractivity contribution in [2.24, 2.45) is 0 Å². The maximum atomic E-state index is 5.77. The molecule has 0 amide bonds. The third-order valence-corrected chi connectivity index (χ3v) is 3.92. The Morgan fingerprint density at radius 3 is 2.95 bits per heavy atom. The van der Waals surface area contributed by atoms with E-state index in [2.05, 4.69) is 37.4 Å². The number of rotatable bonds is 5. The molecule has 108 valence electrons. The number of hydrogen-bond acceptors (Lipinski definition) is 7. The molecule has 0 unspecified atom stereocenters. The van der Waals surface area contributed by atoms with Crippen molar-refractivity contribution < 1.29 is 0 Å². The van der Waals surface area contributed by atoms with Crippen LogP contribution in [-0.2, 0) is 6.42 Å². The van der Waals surface area contributed by atoms with Gasteiger partial charge in [-0.3, -0.25) is 4.57 Å². The smallest absolute Gasteiger partial charge is 0.241 e. The maximum Gasteiger partial charge on any atom is 0.241 e. The quantitative estimate of drug-likeness (QED) is 0.766. The van der Waals surface area contributed by atoms with Crippen molar-refractivity contribution in [3.8, 4) is 5.95 Å². The summed E-state index contributed by atoms with van der Waals surface area (Å²) in [6.07, 6.45) is 6.01. The molecule has 0 saturated carbocycles. The predicted molar refractivity (Wildman–Crippen MR) is 82.7 cm³/mol. The molecule has 7 nitrogen and oxygen atoms in total. The number of imidazole rings is 1. The van der Waals surface area contributed by atoms with Crippen molar-refractivity contribution in [3.05, 3.63) is 41.1 Å². The van der Waals surface area contributed by atoms with E-state index in [4.69, 9.17) is 5.73 Å². The van der Waals surface area contributed by atoms with Crippen molar-refractivity contribution in [1.29, 1.82) is 0 Å². The Labute approximate surface area is 126 Å². The summed E-state index contributed by atoms with van der Waals surface area (Å²) in [5.74, 6) is 1.23. The molecule has 0 aliphatic rings. The van der Waals surface area contributed by atoms with E-state index in [0.29, 0.717) is 11.9 Å². The van der Waals surface area contributed by atoms with Crippen LogP contribution in [-0.4, -0.2) is 38.1 Å². The molecule has 0 aromatic carbocycles. The van der Waals surface area contributed by atoms with Crippen LogP contribution in [0, 0.1) is 0 Å². The summed E-state index contributed by atoms with van der Waals surface area (Å²) in [6, 6.07) is 4.18. The van der Waals surface area contributed by atoms with Gasteiger partial charge in [0.1, 0.15) is 6.33 Å². The molecule has 3 rings (SSSR count). The van der Waals surface area contributed by atoms with Gasteiger partial charge in [0.05, 0.1) is 0 Å². The Hall–Kier alpha value is -2.48.